The van der Waals surface area contributed by atoms with E-state index >= 15 is 0 Å². The van der Waals surface area contributed by atoms with Crippen LogP contribution in [0.15, 0.2) is 24.4 Å². The number of aryl methyl sites for hydroxylation is 1. The Labute approximate surface area is 143 Å². The van der Waals surface area contributed by atoms with Gasteiger partial charge >= 0.3 is 6.03 Å². The number of hydrogen-bond donors (Lipinski definition) is 2. The highest BCUT2D eigenvalue weighted by Crippen LogP contribution is 2.60. The third-order valence-electron chi connectivity index (χ3n) is 6.19. The normalized spacial score (nSPS) is 29.9. The molecular weight excluding hydrogens is 302 g/mol. The topological polar surface area (TPSA) is 63.2 Å². The molecular formula is C19H27N3O2. The summed E-state index contributed by atoms with van der Waals surface area (Å²) in [6.45, 7) is 1.55. The van der Waals surface area contributed by atoms with Crippen LogP contribution >= 0.6 is 0 Å². The molecule has 3 aliphatic rings. The molecule has 2 heterocycles. The van der Waals surface area contributed by atoms with E-state index in [9.17, 15) is 4.79 Å². The van der Waals surface area contributed by atoms with Gasteiger partial charge < -0.3 is 15.4 Å². The monoisotopic (exact) mass is 329 g/mol. The number of nitrogens with zero attached hydrogens (tertiary/aromatic N) is 1. The first-order valence-electron chi connectivity index (χ1n) is 9.35. The summed E-state index contributed by atoms with van der Waals surface area (Å²) in [5.41, 5.74) is 1.31. The number of ether oxygens (including phenoxy) is 1. The second kappa shape index (κ2) is 6.71. The Kier molecular flexibility index (Phi) is 4.44. The zero-order valence-electron chi connectivity index (χ0n) is 14.2. The van der Waals surface area contributed by atoms with E-state index in [2.05, 4.69) is 15.6 Å². The van der Waals surface area contributed by atoms with E-state index in [4.69, 9.17) is 4.74 Å². The zero-order valence-corrected chi connectivity index (χ0v) is 14.2. The summed E-state index contributed by atoms with van der Waals surface area (Å²) in [5, 5.41) is 6.29. The Hall–Kier alpha value is -1.62. The summed E-state index contributed by atoms with van der Waals surface area (Å²) < 4.78 is 5.97. The van der Waals surface area contributed by atoms with Crippen molar-refractivity contribution in [2.75, 3.05) is 13.2 Å². The molecule has 4 rings (SSSR count). The molecule has 5 nitrogen and oxygen atoms in total. The minimum Gasteiger partial charge on any atom is -0.377 e. The molecule has 2 amide bonds. The molecule has 130 valence electrons. The maximum absolute atomic E-state index is 12.3. The quantitative estimate of drug-likeness (QED) is 0.816. The molecule has 2 aliphatic carbocycles. The minimum atomic E-state index is -0.0161. The number of hydrogen-bond acceptors (Lipinski definition) is 3. The van der Waals surface area contributed by atoms with Crippen molar-refractivity contribution in [3.8, 4) is 0 Å². The third kappa shape index (κ3) is 2.79. The largest absolute Gasteiger partial charge is 0.377 e. The number of carbonyl (C=O) groups is 1. The van der Waals surface area contributed by atoms with Crippen LogP contribution in [-0.2, 0) is 11.2 Å². The summed E-state index contributed by atoms with van der Waals surface area (Å²) in [7, 11) is 0. The Balaban J connectivity index is 1.24. The summed E-state index contributed by atoms with van der Waals surface area (Å²) in [4.78, 5) is 16.6. The van der Waals surface area contributed by atoms with Gasteiger partial charge in [-0.05, 0) is 44.2 Å². The molecule has 3 fully saturated rings. The third-order valence-corrected chi connectivity index (χ3v) is 6.19. The second-order valence-corrected chi connectivity index (χ2v) is 7.49. The fraction of sp³-hybridized carbons (Fsp3) is 0.684. The molecule has 24 heavy (non-hydrogen) atoms. The van der Waals surface area contributed by atoms with E-state index in [1.807, 2.05) is 24.4 Å². The average Bonchev–Trinajstić information content (AvgIpc) is 3.26. The van der Waals surface area contributed by atoms with Crippen molar-refractivity contribution in [2.45, 2.75) is 57.1 Å². The van der Waals surface area contributed by atoms with Crippen LogP contribution in [0.5, 0.6) is 0 Å². The molecule has 2 saturated carbocycles. The van der Waals surface area contributed by atoms with E-state index in [0.717, 1.165) is 31.6 Å². The van der Waals surface area contributed by atoms with Crippen molar-refractivity contribution >= 4 is 6.03 Å². The number of rotatable bonds is 5. The fourth-order valence-corrected chi connectivity index (χ4v) is 5.11. The summed E-state index contributed by atoms with van der Waals surface area (Å²) in [6, 6.07) is 6.24. The highest BCUT2D eigenvalue weighted by atomic mass is 16.5. The molecule has 0 unspecified atom stereocenters. The van der Waals surface area contributed by atoms with Crippen LogP contribution in [0.25, 0.3) is 0 Å². The van der Waals surface area contributed by atoms with E-state index in [-0.39, 0.29) is 11.4 Å². The molecule has 1 aromatic heterocycles. The second-order valence-electron chi connectivity index (χ2n) is 7.49. The molecule has 3 atom stereocenters. The van der Waals surface area contributed by atoms with Crippen molar-refractivity contribution in [1.29, 1.82) is 0 Å². The number of amides is 2. The maximum Gasteiger partial charge on any atom is 0.315 e. The number of fused-ring (bicyclic) bond motifs is 2. The predicted molar refractivity (Wildman–Crippen MR) is 91.6 cm³/mol. The number of aromatic nitrogens is 1. The highest BCUT2D eigenvalue weighted by molar-refractivity contribution is 5.74. The summed E-state index contributed by atoms with van der Waals surface area (Å²) in [6.07, 6.45) is 10.1. The van der Waals surface area contributed by atoms with Crippen molar-refractivity contribution in [3.05, 3.63) is 30.1 Å². The van der Waals surface area contributed by atoms with Gasteiger partial charge in [0.2, 0.25) is 0 Å². The Morgan fingerprint density at radius 2 is 2.21 bits per heavy atom. The molecule has 5 heteroatoms. The van der Waals surface area contributed by atoms with Crippen molar-refractivity contribution in [3.63, 3.8) is 0 Å². The molecule has 1 aliphatic heterocycles. The van der Waals surface area contributed by atoms with Gasteiger partial charge in [-0.2, -0.15) is 0 Å². The van der Waals surface area contributed by atoms with Gasteiger partial charge in [-0.1, -0.05) is 18.9 Å². The summed E-state index contributed by atoms with van der Waals surface area (Å²) >= 11 is 0. The zero-order chi connectivity index (χ0) is 16.4. The first-order chi connectivity index (χ1) is 11.8. The average molecular weight is 329 g/mol. The molecule has 1 saturated heterocycles. The number of carbonyl (C=O) groups excluding carboxylic acids is 1. The van der Waals surface area contributed by atoms with Gasteiger partial charge in [-0.3, -0.25) is 4.98 Å². The molecule has 0 bridgehead atoms. The minimum absolute atomic E-state index is 0.0161. The lowest BCUT2D eigenvalue weighted by molar-refractivity contribution is -0.126. The molecule has 0 aromatic carbocycles. The van der Waals surface area contributed by atoms with Gasteiger partial charge in [0.1, 0.15) is 0 Å². The lowest BCUT2D eigenvalue weighted by Gasteiger charge is -2.56. The van der Waals surface area contributed by atoms with Crippen LogP contribution < -0.4 is 10.6 Å². The standard InChI is InChI=1S/C19H27N3O2/c23-18(21-12-5-7-14-6-1-4-11-20-14)22-16-15-8-13-24-17(15)19(16)9-2-3-10-19/h1,4,6,11,15-17H,2-3,5,7-10,12-13H2,(H2,21,22,23)/t15-,16+,17+/m1/s1. The lowest BCUT2D eigenvalue weighted by Crippen LogP contribution is -2.69. The molecule has 2 N–H and O–H groups in total. The van der Waals surface area contributed by atoms with E-state index in [0.29, 0.717) is 24.6 Å². The van der Waals surface area contributed by atoms with Gasteiger partial charge in [0.25, 0.3) is 0 Å². The lowest BCUT2D eigenvalue weighted by atomic mass is 9.54. The van der Waals surface area contributed by atoms with E-state index in [1.165, 1.54) is 25.7 Å². The van der Waals surface area contributed by atoms with Gasteiger partial charge in [0.15, 0.2) is 0 Å². The van der Waals surface area contributed by atoms with Crippen LogP contribution in [0.4, 0.5) is 4.79 Å². The van der Waals surface area contributed by atoms with E-state index in [1.54, 1.807) is 0 Å². The van der Waals surface area contributed by atoms with Crippen LogP contribution in [0, 0.1) is 11.3 Å². The number of pyridine rings is 1. The first-order valence-corrected chi connectivity index (χ1v) is 9.35. The first kappa shape index (κ1) is 15.9. The van der Waals surface area contributed by atoms with Crippen LogP contribution in [0.3, 0.4) is 0 Å². The van der Waals surface area contributed by atoms with Crippen molar-refractivity contribution in [2.24, 2.45) is 11.3 Å². The van der Waals surface area contributed by atoms with Gasteiger partial charge in [0, 0.05) is 42.4 Å². The van der Waals surface area contributed by atoms with Gasteiger partial charge in [-0.15, -0.1) is 0 Å². The predicted octanol–water partition coefficient (Wildman–Crippen LogP) is 2.66. The van der Waals surface area contributed by atoms with Crippen molar-refractivity contribution in [1.82, 2.24) is 15.6 Å². The van der Waals surface area contributed by atoms with Crippen LogP contribution in [0.2, 0.25) is 0 Å². The Morgan fingerprint density at radius 3 is 3.00 bits per heavy atom. The van der Waals surface area contributed by atoms with Gasteiger partial charge in [-0.25, -0.2) is 4.79 Å². The Morgan fingerprint density at radius 1 is 1.33 bits per heavy atom. The molecule has 1 aromatic rings. The Bertz CT molecular complexity index is 571. The highest BCUT2D eigenvalue weighted by Gasteiger charge is 2.65. The van der Waals surface area contributed by atoms with Crippen LogP contribution in [0.1, 0.15) is 44.2 Å². The summed E-state index contributed by atoms with van der Waals surface area (Å²) in [5.74, 6) is 0.530. The number of urea groups is 1. The van der Waals surface area contributed by atoms with Crippen LogP contribution in [-0.4, -0.2) is 36.3 Å². The number of nitrogens with one attached hydrogen (secondary N) is 2. The maximum atomic E-state index is 12.3. The molecule has 0 radical (unpaired) electrons. The smallest absolute Gasteiger partial charge is 0.315 e. The van der Waals surface area contributed by atoms with E-state index < -0.39 is 0 Å². The van der Waals surface area contributed by atoms with Gasteiger partial charge in [0.05, 0.1) is 6.10 Å². The fourth-order valence-electron chi connectivity index (χ4n) is 5.11. The van der Waals surface area contributed by atoms with Crippen molar-refractivity contribution < 1.29 is 9.53 Å². The molecule has 1 spiro atoms. The SMILES string of the molecule is O=C(NCCCc1ccccn1)N[C@H]1[C@H]2CCO[C@@H]2C12CCCC2.